The SMILES string of the molecule is Cc1ccc(NC(=O)CCS(=O)(=O)c2cc3c(cc2Br)CCN3C(=O)C2CC2)c(Cl)c1. The molecule has 1 N–H and O–H groups in total. The Hall–Kier alpha value is -1.90. The molecule has 0 bridgehead atoms. The van der Waals surface area contributed by atoms with E-state index < -0.39 is 15.7 Å². The van der Waals surface area contributed by atoms with E-state index >= 15 is 0 Å². The van der Waals surface area contributed by atoms with Crippen molar-refractivity contribution >= 4 is 60.6 Å². The van der Waals surface area contributed by atoms with Gasteiger partial charge < -0.3 is 10.2 Å². The molecule has 0 radical (unpaired) electrons. The van der Waals surface area contributed by atoms with Crippen LogP contribution >= 0.6 is 27.5 Å². The van der Waals surface area contributed by atoms with Crippen LogP contribution in [0.3, 0.4) is 0 Å². The van der Waals surface area contributed by atoms with Crippen LogP contribution in [-0.4, -0.2) is 32.5 Å². The number of benzene rings is 2. The van der Waals surface area contributed by atoms with Crippen molar-refractivity contribution in [1.82, 2.24) is 0 Å². The minimum absolute atomic E-state index is 0.0620. The molecule has 1 fully saturated rings. The molecule has 1 saturated carbocycles. The number of anilines is 2. The monoisotopic (exact) mass is 524 g/mol. The summed E-state index contributed by atoms with van der Waals surface area (Å²) in [4.78, 5) is 26.7. The predicted octanol–water partition coefficient (Wildman–Crippen LogP) is 4.51. The maximum Gasteiger partial charge on any atom is 0.230 e. The Balaban J connectivity index is 1.49. The molecule has 1 aliphatic heterocycles. The lowest BCUT2D eigenvalue weighted by Gasteiger charge is -2.18. The largest absolute Gasteiger partial charge is 0.325 e. The molecule has 0 unspecified atom stereocenters. The summed E-state index contributed by atoms with van der Waals surface area (Å²) in [6.07, 6.45) is 2.28. The molecule has 31 heavy (non-hydrogen) atoms. The fraction of sp³-hybridized carbons (Fsp3) is 0.364. The topological polar surface area (TPSA) is 83.6 Å². The van der Waals surface area contributed by atoms with Crippen molar-refractivity contribution in [2.24, 2.45) is 5.92 Å². The minimum Gasteiger partial charge on any atom is -0.325 e. The Morgan fingerprint density at radius 2 is 1.97 bits per heavy atom. The number of halogens is 2. The Morgan fingerprint density at radius 1 is 1.23 bits per heavy atom. The first-order valence-electron chi connectivity index (χ1n) is 10.1. The first-order chi connectivity index (χ1) is 14.7. The lowest BCUT2D eigenvalue weighted by atomic mass is 10.2. The van der Waals surface area contributed by atoms with E-state index in [9.17, 15) is 18.0 Å². The average Bonchev–Trinajstić information content (AvgIpc) is 3.48. The lowest BCUT2D eigenvalue weighted by Crippen LogP contribution is -2.30. The number of fused-ring (bicyclic) bond motifs is 1. The van der Waals surface area contributed by atoms with E-state index in [-0.39, 0.29) is 28.9 Å². The fourth-order valence-electron chi connectivity index (χ4n) is 3.68. The highest BCUT2D eigenvalue weighted by molar-refractivity contribution is 9.10. The molecule has 0 aromatic heterocycles. The van der Waals surface area contributed by atoms with E-state index in [1.807, 2.05) is 13.0 Å². The molecule has 1 aliphatic carbocycles. The highest BCUT2D eigenvalue weighted by Crippen LogP contribution is 2.39. The summed E-state index contributed by atoms with van der Waals surface area (Å²) in [5, 5.41) is 3.06. The van der Waals surface area contributed by atoms with E-state index in [0.29, 0.717) is 33.8 Å². The van der Waals surface area contributed by atoms with E-state index in [0.717, 1.165) is 24.0 Å². The lowest BCUT2D eigenvalue weighted by molar-refractivity contribution is -0.119. The first kappa shape index (κ1) is 22.3. The number of rotatable bonds is 6. The maximum absolute atomic E-state index is 13.0. The smallest absolute Gasteiger partial charge is 0.230 e. The number of carbonyl (C=O) groups is 2. The number of sulfone groups is 1. The average molecular weight is 526 g/mol. The second-order valence-electron chi connectivity index (χ2n) is 8.03. The van der Waals surface area contributed by atoms with Crippen molar-refractivity contribution in [2.75, 3.05) is 22.5 Å². The van der Waals surface area contributed by atoms with Gasteiger partial charge in [-0.2, -0.15) is 0 Å². The summed E-state index contributed by atoms with van der Waals surface area (Å²) in [6.45, 7) is 2.46. The van der Waals surface area contributed by atoms with Gasteiger partial charge in [-0.15, -0.1) is 0 Å². The second-order valence-corrected chi connectivity index (χ2v) is 11.4. The Labute approximate surface area is 195 Å². The molecule has 0 atom stereocenters. The first-order valence-corrected chi connectivity index (χ1v) is 12.9. The molecular formula is C22H22BrClN2O4S. The molecule has 4 rings (SSSR count). The Kier molecular flexibility index (Phi) is 6.16. The third kappa shape index (κ3) is 4.81. The summed E-state index contributed by atoms with van der Waals surface area (Å²) in [6, 6.07) is 8.57. The second kappa shape index (κ2) is 8.56. The van der Waals surface area contributed by atoms with Gasteiger partial charge in [0.2, 0.25) is 11.8 Å². The summed E-state index contributed by atoms with van der Waals surface area (Å²) in [7, 11) is -3.75. The van der Waals surface area contributed by atoms with Crippen LogP contribution in [0.1, 0.15) is 30.4 Å². The number of nitrogens with zero attached hydrogens (tertiary/aromatic N) is 1. The Bertz CT molecular complexity index is 1180. The van der Waals surface area contributed by atoms with Crippen molar-refractivity contribution in [3.63, 3.8) is 0 Å². The van der Waals surface area contributed by atoms with Crippen LogP contribution in [-0.2, 0) is 25.8 Å². The van der Waals surface area contributed by atoms with E-state index in [1.165, 1.54) is 0 Å². The molecule has 2 aliphatic rings. The number of aryl methyl sites for hydroxylation is 1. The van der Waals surface area contributed by atoms with E-state index in [2.05, 4.69) is 21.2 Å². The highest BCUT2D eigenvalue weighted by Gasteiger charge is 2.37. The third-order valence-electron chi connectivity index (χ3n) is 5.55. The van der Waals surface area contributed by atoms with Crippen LogP contribution in [0.15, 0.2) is 39.7 Å². The van der Waals surface area contributed by atoms with Crippen LogP contribution in [0.2, 0.25) is 5.02 Å². The zero-order valence-corrected chi connectivity index (χ0v) is 20.1. The van der Waals surface area contributed by atoms with Crippen LogP contribution < -0.4 is 10.2 Å². The molecule has 9 heteroatoms. The van der Waals surface area contributed by atoms with Gasteiger partial charge >= 0.3 is 0 Å². The van der Waals surface area contributed by atoms with Gasteiger partial charge in [-0.1, -0.05) is 17.7 Å². The number of amides is 2. The van der Waals surface area contributed by atoms with Gasteiger partial charge in [0, 0.05) is 29.0 Å². The zero-order valence-electron chi connectivity index (χ0n) is 17.0. The van der Waals surface area contributed by atoms with Gasteiger partial charge in [0.05, 0.1) is 21.4 Å². The minimum atomic E-state index is -3.75. The maximum atomic E-state index is 13.0. The molecule has 2 aromatic rings. The van der Waals surface area contributed by atoms with Gasteiger partial charge in [-0.05, 0) is 77.5 Å². The van der Waals surface area contributed by atoms with E-state index in [1.54, 1.807) is 29.2 Å². The van der Waals surface area contributed by atoms with Crippen LogP contribution in [0.4, 0.5) is 11.4 Å². The number of hydrogen-bond donors (Lipinski definition) is 1. The van der Waals surface area contributed by atoms with Crippen molar-refractivity contribution < 1.29 is 18.0 Å². The number of carbonyl (C=O) groups excluding carboxylic acids is 2. The van der Waals surface area contributed by atoms with Gasteiger partial charge in [0.25, 0.3) is 0 Å². The molecule has 2 aromatic carbocycles. The molecule has 0 saturated heterocycles. The van der Waals surface area contributed by atoms with Gasteiger partial charge in [0.1, 0.15) is 0 Å². The summed E-state index contributed by atoms with van der Waals surface area (Å²) < 4.78 is 26.5. The third-order valence-corrected chi connectivity index (χ3v) is 8.53. The zero-order chi connectivity index (χ0) is 22.3. The van der Waals surface area contributed by atoms with Crippen molar-refractivity contribution in [3.05, 3.63) is 51.0 Å². The quantitative estimate of drug-likeness (QED) is 0.601. The standard InChI is InChI=1S/C22H22BrClN2O4S/c1-13-2-5-18(17(24)10-13)25-21(27)7-9-31(29,30)20-12-19-15(11-16(20)23)6-8-26(19)22(28)14-3-4-14/h2,5,10-12,14H,3-4,6-9H2,1H3,(H,25,27). The van der Waals surface area contributed by atoms with Crippen LogP contribution in [0.5, 0.6) is 0 Å². The number of nitrogens with one attached hydrogen (secondary N) is 1. The fourth-order valence-corrected chi connectivity index (χ4v) is 6.41. The number of hydrogen-bond acceptors (Lipinski definition) is 4. The summed E-state index contributed by atoms with van der Waals surface area (Å²) in [5.74, 6) is -0.654. The molecule has 1 heterocycles. The van der Waals surface area contributed by atoms with Crippen molar-refractivity contribution in [1.29, 1.82) is 0 Å². The summed E-state index contributed by atoms with van der Waals surface area (Å²) in [5.41, 5.74) is 3.02. The molecule has 164 valence electrons. The molecular weight excluding hydrogens is 504 g/mol. The molecule has 0 spiro atoms. The van der Waals surface area contributed by atoms with Crippen molar-refractivity contribution in [3.8, 4) is 0 Å². The van der Waals surface area contributed by atoms with Crippen LogP contribution in [0.25, 0.3) is 0 Å². The van der Waals surface area contributed by atoms with Gasteiger partial charge in [-0.25, -0.2) is 8.42 Å². The van der Waals surface area contributed by atoms with Crippen LogP contribution in [0, 0.1) is 12.8 Å². The van der Waals surface area contributed by atoms with Crippen molar-refractivity contribution in [2.45, 2.75) is 37.5 Å². The highest BCUT2D eigenvalue weighted by atomic mass is 79.9. The van der Waals surface area contributed by atoms with E-state index in [4.69, 9.17) is 11.6 Å². The normalized spacial score (nSPS) is 15.6. The predicted molar refractivity (Wildman–Crippen MR) is 124 cm³/mol. The Morgan fingerprint density at radius 3 is 2.65 bits per heavy atom. The van der Waals surface area contributed by atoms with Gasteiger partial charge in [0.15, 0.2) is 9.84 Å². The molecule has 2 amide bonds. The summed E-state index contributed by atoms with van der Waals surface area (Å²) >= 11 is 9.49. The van der Waals surface area contributed by atoms with Gasteiger partial charge in [-0.3, -0.25) is 9.59 Å². The molecule has 6 nitrogen and oxygen atoms in total.